The summed E-state index contributed by atoms with van der Waals surface area (Å²) < 4.78 is 42.6. The number of likely N-dealkylation sites (tertiary alicyclic amines) is 1. The molecule has 0 bridgehead atoms. The van der Waals surface area contributed by atoms with Crippen molar-refractivity contribution in [2.24, 2.45) is 7.05 Å². The molecule has 0 saturated carbocycles. The first-order valence-corrected chi connectivity index (χ1v) is 10.5. The van der Waals surface area contributed by atoms with Crippen molar-refractivity contribution in [1.82, 2.24) is 14.2 Å². The molecule has 0 spiro atoms. The molecule has 6 nitrogen and oxygen atoms in total. The van der Waals surface area contributed by atoms with Gasteiger partial charge in [-0.15, -0.1) is 0 Å². The quantitative estimate of drug-likeness (QED) is 0.849. The fourth-order valence-electron chi connectivity index (χ4n) is 3.27. The summed E-state index contributed by atoms with van der Waals surface area (Å²) in [6, 6.07) is 7.07. The lowest BCUT2D eigenvalue weighted by molar-refractivity contribution is 0.0714. The largest absolute Gasteiger partial charge is 0.343 e. The summed E-state index contributed by atoms with van der Waals surface area (Å²) in [4.78, 5) is 14.6. The van der Waals surface area contributed by atoms with E-state index in [0.717, 1.165) is 19.3 Å². The molecule has 1 fully saturated rings. The fourth-order valence-corrected chi connectivity index (χ4v) is 4.57. The highest BCUT2D eigenvalue weighted by molar-refractivity contribution is 7.89. The van der Waals surface area contributed by atoms with Crippen molar-refractivity contribution in [3.8, 4) is 0 Å². The van der Waals surface area contributed by atoms with Crippen molar-refractivity contribution in [3.63, 3.8) is 0 Å². The number of piperidine rings is 1. The molecule has 2 heterocycles. The maximum Gasteiger partial charge on any atom is 0.270 e. The van der Waals surface area contributed by atoms with Crippen molar-refractivity contribution >= 4 is 15.9 Å². The molecular formula is C19H24FN3O3S. The number of sulfonamides is 1. The van der Waals surface area contributed by atoms with E-state index in [1.807, 2.05) is 0 Å². The van der Waals surface area contributed by atoms with E-state index in [2.05, 4.69) is 4.72 Å². The molecule has 2 aromatic rings. The highest BCUT2D eigenvalue weighted by atomic mass is 32.2. The van der Waals surface area contributed by atoms with Gasteiger partial charge in [0.2, 0.25) is 10.0 Å². The molecule has 0 unspecified atom stereocenters. The summed E-state index contributed by atoms with van der Waals surface area (Å²) in [5, 5.41) is 0. The Morgan fingerprint density at radius 2 is 1.78 bits per heavy atom. The van der Waals surface area contributed by atoms with E-state index >= 15 is 0 Å². The van der Waals surface area contributed by atoms with E-state index < -0.39 is 10.0 Å². The molecule has 0 radical (unpaired) electrons. The Balaban J connectivity index is 1.80. The molecule has 1 N–H and O–H groups in total. The molecule has 1 aliphatic heterocycles. The maximum absolute atomic E-state index is 13.0. The van der Waals surface area contributed by atoms with Crippen molar-refractivity contribution in [1.29, 1.82) is 0 Å². The summed E-state index contributed by atoms with van der Waals surface area (Å²) in [6.07, 6.45) is 3.06. The number of aromatic nitrogens is 1. The van der Waals surface area contributed by atoms with Gasteiger partial charge in [0.05, 0.1) is 0 Å². The number of nitrogens with zero attached hydrogens (tertiary/aromatic N) is 2. The normalized spacial score (nSPS) is 15.1. The number of carbonyl (C=O) groups excluding carboxylic acids is 1. The summed E-state index contributed by atoms with van der Waals surface area (Å²) in [5.41, 5.74) is 1.52. The lowest BCUT2D eigenvalue weighted by Gasteiger charge is -2.26. The van der Waals surface area contributed by atoms with Gasteiger partial charge in [-0.1, -0.05) is 12.1 Å². The fraction of sp³-hybridized carbons (Fsp3) is 0.421. The number of rotatable bonds is 5. The standard InChI is InChI=1S/C19H24FN3O3S/c1-14-18(27(25,26)21-13-15-6-8-16(20)9-7-15)12-17(22(14)2)19(24)23-10-4-3-5-11-23/h6-9,12,21H,3-5,10-11,13H2,1-2H3. The van der Waals surface area contributed by atoms with Gasteiger partial charge < -0.3 is 9.47 Å². The van der Waals surface area contributed by atoms with Gasteiger partial charge in [-0.25, -0.2) is 17.5 Å². The lowest BCUT2D eigenvalue weighted by atomic mass is 10.1. The lowest BCUT2D eigenvalue weighted by Crippen LogP contribution is -2.36. The molecule has 0 aliphatic carbocycles. The number of nitrogens with one attached hydrogen (secondary N) is 1. The molecule has 1 aromatic heterocycles. The van der Waals surface area contributed by atoms with Crippen LogP contribution >= 0.6 is 0 Å². The van der Waals surface area contributed by atoms with Crippen LogP contribution in [0.2, 0.25) is 0 Å². The van der Waals surface area contributed by atoms with Crippen LogP contribution < -0.4 is 4.72 Å². The van der Waals surface area contributed by atoms with E-state index in [4.69, 9.17) is 0 Å². The number of halogens is 1. The predicted molar refractivity (Wildman–Crippen MR) is 100 cm³/mol. The maximum atomic E-state index is 13.0. The Morgan fingerprint density at radius 3 is 2.41 bits per heavy atom. The highest BCUT2D eigenvalue weighted by Gasteiger charge is 2.27. The highest BCUT2D eigenvalue weighted by Crippen LogP contribution is 2.22. The first kappa shape index (κ1) is 19.6. The minimum Gasteiger partial charge on any atom is -0.343 e. The van der Waals surface area contributed by atoms with E-state index in [0.29, 0.717) is 30.0 Å². The average Bonchev–Trinajstić information content (AvgIpc) is 2.97. The van der Waals surface area contributed by atoms with Crippen LogP contribution in [0, 0.1) is 12.7 Å². The van der Waals surface area contributed by atoms with Gasteiger partial charge >= 0.3 is 0 Å². The summed E-state index contributed by atoms with van der Waals surface area (Å²) in [7, 11) is -2.10. The van der Waals surface area contributed by atoms with Crippen LogP contribution in [0.15, 0.2) is 35.2 Å². The van der Waals surface area contributed by atoms with Gasteiger partial charge in [0.25, 0.3) is 5.91 Å². The molecule has 0 atom stereocenters. The first-order chi connectivity index (χ1) is 12.8. The third-order valence-corrected chi connectivity index (χ3v) is 6.54. The summed E-state index contributed by atoms with van der Waals surface area (Å²) in [5.74, 6) is -0.512. The van der Waals surface area contributed by atoms with Gasteiger partial charge in [0.1, 0.15) is 16.4 Å². The van der Waals surface area contributed by atoms with Crippen LogP contribution in [0.5, 0.6) is 0 Å². The van der Waals surface area contributed by atoms with Crippen LogP contribution in [-0.2, 0) is 23.6 Å². The smallest absolute Gasteiger partial charge is 0.270 e. The van der Waals surface area contributed by atoms with Gasteiger partial charge in [-0.3, -0.25) is 4.79 Å². The van der Waals surface area contributed by atoms with Crippen LogP contribution in [0.3, 0.4) is 0 Å². The van der Waals surface area contributed by atoms with E-state index in [1.165, 1.54) is 30.3 Å². The minimum absolute atomic E-state index is 0.0480. The predicted octanol–water partition coefficient (Wildman–Crippen LogP) is 2.58. The molecule has 146 valence electrons. The Kier molecular flexibility index (Phi) is 5.67. The van der Waals surface area contributed by atoms with E-state index in [9.17, 15) is 17.6 Å². The number of carbonyl (C=O) groups is 1. The Hall–Kier alpha value is -2.19. The van der Waals surface area contributed by atoms with Crippen LogP contribution in [0.25, 0.3) is 0 Å². The second-order valence-corrected chi connectivity index (χ2v) is 8.58. The first-order valence-electron chi connectivity index (χ1n) is 8.99. The van der Waals surface area contributed by atoms with E-state index in [-0.39, 0.29) is 23.2 Å². The molecule has 8 heteroatoms. The summed E-state index contributed by atoms with van der Waals surface area (Å²) >= 11 is 0. The molecule has 1 saturated heterocycles. The van der Waals surface area contributed by atoms with Crippen LogP contribution in [-0.4, -0.2) is 36.9 Å². The average molecular weight is 393 g/mol. The Morgan fingerprint density at radius 1 is 1.15 bits per heavy atom. The molecule has 1 amide bonds. The molecule has 1 aromatic carbocycles. The number of hydrogen-bond acceptors (Lipinski definition) is 3. The zero-order chi connectivity index (χ0) is 19.6. The SMILES string of the molecule is Cc1c(S(=O)(=O)NCc2ccc(F)cc2)cc(C(=O)N2CCCCC2)n1C. The van der Waals surface area contributed by atoms with Crippen LogP contribution in [0.4, 0.5) is 4.39 Å². The number of benzene rings is 1. The van der Waals surface area contributed by atoms with Crippen molar-refractivity contribution in [3.05, 3.63) is 53.1 Å². The monoisotopic (exact) mass is 393 g/mol. The van der Waals surface area contributed by atoms with Gasteiger partial charge in [0, 0.05) is 32.4 Å². The summed E-state index contributed by atoms with van der Waals surface area (Å²) in [6.45, 7) is 3.13. The van der Waals surface area contributed by atoms with Gasteiger partial charge in [-0.2, -0.15) is 0 Å². The number of hydrogen-bond donors (Lipinski definition) is 1. The number of amides is 1. The molecule has 27 heavy (non-hydrogen) atoms. The minimum atomic E-state index is -3.80. The van der Waals surface area contributed by atoms with Gasteiger partial charge in [-0.05, 0) is 49.9 Å². The third kappa shape index (κ3) is 4.22. The van der Waals surface area contributed by atoms with Crippen molar-refractivity contribution in [2.75, 3.05) is 13.1 Å². The second-order valence-electron chi connectivity index (χ2n) is 6.84. The molecular weight excluding hydrogens is 369 g/mol. The van der Waals surface area contributed by atoms with Crippen LogP contribution in [0.1, 0.15) is 41.0 Å². The topological polar surface area (TPSA) is 71.4 Å². The van der Waals surface area contributed by atoms with E-state index in [1.54, 1.807) is 23.4 Å². The van der Waals surface area contributed by atoms with Gasteiger partial charge in [0.15, 0.2) is 0 Å². The zero-order valence-corrected chi connectivity index (χ0v) is 16.4. The molecule has 3 rings (SSSR count). The third-order valence-electron chi connectivity index (χ3n) is 5.02. The Labute approximate surface area is 159 Å². The van der Waals surface area contributed by atoms with Crippen molar-refractivity contribution < 1.29 is 17.6 Å². The van der Waals surface area contributed by atoms with Crippen molar-refractivity contribution in [2.45, 2.75) is 37.6 Å². The Bertz CT molecular complexity index is 930. The second kappa shape index (κ2) is 7.82. The molecule has 1 aliphatic rings. The zero-order valence-electron chi connectivity index (χ0n) is 15.5.